The smallest absolute Gasteiger partial charge is 0.329 e. The van der Waals surface area contributed by atoms with Crippen molar-refractivity contribution in [1.82, 2.24) is 10.2 Å². The molecule has 0 spiro atoms. The number of urea groups is 1. The minimum atomic E-state index is -0.538. The fourth-order valence-corrected chi connectivity index (χ4v) is 5.22. The van der Waals surface area contributed by atoms with Gasteiger partial charge < -0.3 is 10.2 Å². The molecule has 3 amide bonds. The van der Waals surface area contributed by atoms with Crippen molar-refractivity contribution in [2.75, 3.05) is 4.90 Å². The summed E-state index contributed by atoms with van der Waals surface area (Å²) in [5, 5.41) is 2.64. The summed E-state index contributed by atoms with van der Waals surface area (Å²) in [6.07, 6.45) is 2.73. The summed E-state index contributed by atoms with van der Waals surface area (Å²) in [5.74, 6) is -0.513. The normalized spacial score (nSPS) is 21.3. The molecular weight excluding hydrogens is 405 g/mol. The molecule has 32 heavy (non-hydrogen) atoms. The van der Waals surface area contributed by atoms with Gasteiger partial charge in [0.2, 0.25) is 0 Å². The van der Waals surface area contributed by atoms with Gasteiger partial charge in [0, 0.05) is 22.8 Å². The van der Waals surface area contributed by atoms with Crippen LogP contribution in [-0.2, 0) is 11.3 Å². The molecule has 168 valence electrons. The molecule has 2 aliphatic rings. The third kappa shape index (κ3) is 3.90. The van der Waals surface area contributed by atoms with E-state index < -0.39 is 17.8 Å². The number of rotatable bonds is 4. The Morgan fingerprint density at radius 1 is 1.19 bits per heavy atom. The Bertz CT molecular complexity index is 1110. The fraction of sp³-hybridized carbons (Fsp3) is 0.385. The number of nitrogens with zero attached hydrogens (tertiary/aromatic N) is 2. The molecule has 2 aromatic rings. The molecule has 4 rings (SSSR count). The number of anilines is 1. The zero-order valence-electron chi connectivity index (χ0n) is 19.3. The van der Waals surface area contributed by atoms with Crippen LogP contribution in [0.2, 0.25) is 0 Å². The lowest BCUT2D eigenvalue weighted by Crippen LogP contribution is -2.51. The maximum Gasteiger partial charge on any atom is 0.329 e. The zero-order valence-corrected chi connectivity index (χ0v) is 19.3. The number of nitrogens with one attached hydrogen (secondary N) is 1. The molecule has 2 heterocycles. The number of benzene rings is 2. The van der Waals surface area contributed by atoms with Crippen LogP contribution in [0.3, 0.4) is 0 Å². The first kappa shape index (κ1) is 22.1. The molecule has 1 unspecified atom stereocenters. The van der Waals surface area contributed by atoms with Crippen LogP contribution in [0.25, 0.3) is 6.08 Å². The Kier molecular flexibility index (Phi) is 5.57. The SMILES string of the molecule is CC1CC(C)(C)N(C(C)C)c2ccc(/C=C3\NC(=O)N(Cc4ccccc4F)C3=O)cc21. The third-order valence-corrected chi connectivity index (χ3v) is 6.38. The van der Waals surface area contributed by atoms with Crippen LogP contribution < -0.4 is 10.2 Å². The summed E-state index contributed by atoms with van der Waals surface area (Å²) < 4.78 is 14.0. The molecule has 5 nitrogen and oxygen atoms in total. The van der Waals surface area contributed by atoms with Gasteiger partial charge in [0.15, 0.2) is 0 Å². The van der Waals surface area contributed by atoms with Crippen LogP contribution in [0.1, 0.15) is 63.6 Å². The quantitative estimate of drug-likeness (QED) is 0.515. The highest BCUT2D eigenvalue weighted by molar-refractivity contribution is 6.13. The molecule has 0 saturated carbocycles. The molecule has 1 atom stereocenters. The molecule has 6 heteroatoms. The Morgan fingerprint density at radius 2 is 1.91 bits per heavy atom. The van der Waals surface area contributed by atoms with E-state index >= 15 is 0 Å². The predicted molar refractivity (Wildman–Crippen MR) is 125 cm³/mol. The van der Waals surface area contributed by atoms with Gasteiger partial charge in [-0.25, -0.2) is 9.18 Å². The number of fused-ring (bicyclic) bond motifs is 1. The lowest BCUT2D eigenvalue weighted by molar-refractivity contribution is -0.123. The number of hydrogen-bond donors (Lipinski definition) is 1. The topological polar surface area (TPSA) is 52.7 Å². The van der Waals surface area contributed by atoms with Crippen molar-refractivity contribution in [2.45, 2.75) is 65.1 Å². The molecule has 0 radical (unpaired) electrons. The van der Waals surface area contributed by atoms with Crippen molar-refractivity contribution in [3.63, 3.8) is 0 Å². The molecule has 0 bridgehead atoms. The number of halogens is 1. The number of hydrogen-bond acceptors (Lipinski definition) is 3. The molecular formula is C26H30FN3O2. The number of amides is 3. The van der Waals surface area contributed by atoms with Crippen LogP contribution in [0, 0.1) is 5.82 Å². The molecule has 1 saturated heterocycles. The molecule has 1 N–H and O–H groups in total. The molecule has 1 fully saturated rings. The first-order chi connectivity index (χ1) is 15.1. The highest BCUT2D eigenvalue weighted by Gasteiger charge is 2.38. The number of carbonyl (C=O) groups is 2. The van der Waals surface area contributed by atoms with Gasteiger partial charge in [-0.05, 0) is 75.4 Å². The fourth-order valence-electron chi connectivity index (χ4n) is 5.22. The summed E-state index contributed by atoms with van der Waals surface area (Å²) in [4.78, 5) is 28.8. The minimum Gasteiger partial charge on any atom is -0.364 e. The van der Waals surface area contributed by atoms with E-state index in [0.717, 1.165) is 16.9 Å². The summed E-state index contributed by atoms with van der Waals surface area (Å²) in [6, 6.07) is 12.2. The van der Waals surface area contributed by atoms with Crippen LogP contribution in [0.15, 0.2) is 48.2 Å². The van der Waals surface area contributed by atoms with Crippen molar-refractivity contribution in [2.24, 2.45) is 0 Å². The van der Waals surface area contributed by atoms with Crippen LogP contribution >= 0.6 is 0 Å². The lowest BCUT2D eigenvalue weighted by atomic mass is 9.79. The Morgan fingerprint density at radius 3 is 2.59 bits per heavy atom. The van der Waals surface area contributed by atoms with Gasteiger partial charge >= 0.3 is 6.03 Å². The molecule has 0 aromatic heterocycles. The van der Waals surface area contributed by atoms with Crippen molar-refractivity contribution in [3.8, 4) is 0 Å². The Hall–Kier alpha value is -3.15. The summed E-state index contributed by atoms with van der Waals surface area (Å²) in [7, 11) is 0. The van der Waals surface area contributed by atoms with Gasteiger partial charge in [0.25, 0.3) is 5.91 Å². The number of imide groups is 1. The van der Waals surface area contributed by atoms with Gasteiger partial charge in [-0.2, -0.15) is 0 Å². The first-order valence-corrected chi connectivity index (χ1v) is 11.1. The van der Waals surface area contributed by atoms with E-state index in [4.69, 9.17) is 0 Å². The Labute approximate surface area is 188 Å². The van der Waals surface area contributed by atoms with Gasteiger partial charge in [-0.3, -0.25) is 9.69 Å². The molecule has 2 aliphatic heterocycles. The summed E-state index contributed by atoms with van der Waals surface area (Å²) in [6.45, 7) is 11.1. The van der Waals surface area contributed by atoms with Crippen LogP contribution in [0.5, 0.6) is 0 Å². The molecule has 0 aliphatic carbocycles. The van der Waals surface area contributed by atoms with Crippen molar-refractivity contribution < 1.29 is 14.0 Å². The number of carbonyl (C=O) groups excluding carboxylic acids is 2. The van der Waals surface area contributed by atoms with Crippen molar-refractivity contribution in [1.29, 1.82) is 0 Å². The van der Waals surface area contributed by atoms with E-state index in [-0.39, 0.29) is 17.8 Å². The highest BCUT2D eigenvalue weighted by Crippen LogP contribution is 2.44. The van der Waals surface area contributed by atoms with Gasteiger partial charge in [-0.15, -0.1) is 0 Å². The lowest BCUT2D eigenvalue weighted by Gasteiger charge is -2.50. The Balaban J connectivity index is 1.62. The second kappa shape index (κ2) is 8.08. The van der Waals surface area contributed by atoms with Crippen molar-refractivity contribution >= 4 is 23.7 Å². The minimum absolute atomic E-state index is 0.0587. The largest absolute Gasteiger partial charge is 0.364 e. The maximum atomic E-state index is 14.0. The maximum absolute atomic E-state index is 14.0. The zero-order chi connectivity index (χ0) is 23.2. The monoisotopic (exact) mass is 435 g/mol. The second-order valence-corrected chi connectivity index (χ2v) is 9.67. The summed E-state index contributed by atoms with van der Waals surface area (Å²) >= 11 is 0. The van der Waals surface area contributed by atoms with Crippen molar-refractivity contribution in [3.05, 3.63) is 70.7 Å². The predicted octanol–water partition coefficient (Wildman–Crippen LogP) is 5.42. The van der Waals surface area contributed by atoms with Gasteiger partial charge in [-0.1, -0.05) is 31.2 Å². The average molecular weight is 436 g/mol. The summed E-state index contributed by atoms with van der Waals surface area (Å²) in [5.41, 5.74) is 3.88. The standard InChI is InChI=1S/C26H30FN3O2/c1-16(2)30-23-11-10-18(12-20(23)17(3)14-26(30,4)5)13-22-24(31)29(25(32)28-22)15-19-8-6-7-9-21(19)27/h6-13,16-17H,14-15H2,1-5H3,(H,28,32)/b22-13-. The van der Waals surface area contributed by atoms with Crippen LogP contribution in [0.4, 0.5) is 14.9 Å². The molecule has 2 aromatic carbocycles. The first-order valence-electron chi connectivity index (χ1n) is 11.1. The average Bonchev–Trinajstić information content (AvgIpc) is 2.96. The van der Waals surface area contributed by atoms with Gasteiger partial charge in [0.1, 0.15) is 11.5 Å². The van der Waals surface area contributed by atoms with E-state index in [2.05, 4.69) is 57.0 Å². The van der Waals surface area contributed by atoms with E-state index in [1.54, 1.807) is 24.3 Å². The van der Waals surface area contributed by atoms with Gasteiger partial charge in [0.05, 0.1) is 6.54 Å². The van der Waals surface area contributed by atoms with E-state index in [1.807, 2.05) is 6.07 Å². The van der Waals surface area contributed by atoms with E-state index in [9.17, 15) is 14.0 Å². The van der Waals surface area contributed by atoms with E-state index in [0.29, 0.717) is 17.5 Å². The highest BCUT2D eigenvalue weighted by atomic mass is 19.1. The van der Waals surface area contributed by atoms with Crippen LogP contribution in [-0.4, -0.2) is 28.4 Å². The second-order valence-electron chi connectivity index (χ2n) is 9.67. The third-order valence-electron chi connectivity index (χ3n) is 6.38. The van der Waals surface area contributed by atoms with E-state index in [1.165, 1.54) is 17.3 Å².